The summed E-state index contributed by atoms with van der Waals surface area (Å²) in [6, 6.07) is 0. The zero-order valence-corrected chi connectivity index (χ0v) is 3.98. The van der Waals surface area contributed by atoms with Gasteiger partial charge in [0.15, 0.2) is 0 Å². The summed E-state index contributed by atoms with van der Waals surface area (Å²) in [6.07, 6.45) is 5.11. The lowest BCUT2D eigenvalue weighted by Gasteiger charge is -2.23. The second kappa shape index (κ2) is 1.68. The molecule has 0 aromatic heterocycles. The van der Waals surface area contributed by atoms with E-state index in [4.69, 9.17) is 7.85 Å². The number of hydrogen-bond donors (Lipinski definition) is 0. The van der Waals surface area contributed by atoms with Gasteiger partial charge in [0.05, 0.1) is 7.85 Å². The summed E-state index contributed by atoms with van der Waals surface area (Å²) < 4.78 is 0. The van der Waals surface area contributed by atoms with Gasteiger partial charge >= 0.3 is 0 Å². The minimum Gasteiger partial charge on any atom is -0.0859 e. The molecule has 1 aliphatic carbocycles. The van der Waals surface area contributed by atoms with Crippen LogP contribution in [0.25, 0.3) is 0 Å². The Morgan fingerprint density at radius 3 is 2.17 bits per heavy atom. The van der Waals surface area contributed by atoms with Gasteiger partial charge in [-0.05, 0) is 5.92 Å². The second-order valence-corrected chi connectivity index (χ2v) is 2.03. The lowest BCUT2D eigenvalue weighted by atomic mass is 9.76. The molecular weight excluding hydrogens is 70.9 g/mol. The summed E-state index contributed by atoms with van der Waals surface area (Å²) in [5.41, 5.74) is 0. The number of hydrogen-bond acceptors (Lipinski definition) is 0. The molecule has 0 bridgehead atoms. The Balaban J connectivity index is 2.01. The molecule has 0 N–H and O–H groups in total. The predicted molar refractivity (Wildman–Crippen MR) is 27.9 cm³/mol. The van der Waals surface area contributed by atoms with E-state index in [9.17, 15) is 0 Å². The van der Waals surface area contributed by atoms with Crippen LogP contribution >= 0.6 is 0 Å². The van der Waals surface area contributed by atoms with E-state index in [2.05, 4.69) is 0 Å². The van der Waals surface area contributed by atoms with Crippen LogP contribution in [0, 0.1) is 5.92 Å². The summed E-state index contributed by atoms with van der Waals surface area (Å²) in [6.45, 7) is 0. The Hall–Kier alpha value is 0.0649. The van der Waals surface area contributed by atoms with Crippen molar-refractivity contribution in [1.82, 2.24) is 0 Å². The van der Waals surface area contributed by atoms with Crippen LogP contribution in [0.1, 0.15) is 19.3 Å². The van der Waals surface area contributed by atoms with Crippen molar-refractivity contribution in [2.45, 2.75) is 25.6 Å². The van der Waals surface area contributed by atoms with Crippen LogP contribution in [0.2, 0.25) is 6.32 Å². The minimum atomic E-state index is 0.894. The molecule has 6 heavy (non-hydrogen) atoms. The zero-order valence-electron chi connectivity index (χ0n) is 3.98. The first-order valence-electron chi connectivity index (χ1n) is 2.63. The van der Waals surface area contributed by atoms with Crippen LogP contribution < -0.4 is 0 Å². The van der Waals surface area contributed by atoms with Crippen LogP contribution in [0.15, 0.2) is 0 Å². The summed E-state index contributed by atoms with van der Waals surface area (Å²) in [5.74, 6) is 0.894. The van der Waals surface area contributed by atoms with E-state index in [1.54, 1.807) is 0 Å². The average molecular weight is 79.9 g/mol. The fourth-order valence-electron chi connectivity index (χ4n) is 0.729. The Kier molecular flexibility index (Phi) is 1.18. The Labute approximate surface area is 40.3 Å². The third-order valence-electron chi connectivity index (χ3n) is 1.56. The molecule has 0 unspecified atom stereocenters. The third-order valence-corrected chi connectivity index (χ3v) is 1.56. The van der Waals surface area contributed by atoms with Gasteiger partial charge in [-0.1, -0.05) is 25.6 Å². The normalized spacial score (nSPS) is 23.3. The fourth-order valence-corrected chi connectivity index (χ4v) is 0.729. The van der Waals surface area contributed by atoms with Gasteiger partial charge in [-0.2, -0.15) is 0 Å². The van der Waals surface area contributed by atoms with E-state index < -0.39 is 0 Å². The van der Waals surface area contributed by atoms with Crippen molar-refractivity contribution < 1.29 is 0 Å². The van der Waals surface area contributed by atoms with Crippen LogP contribution in [0.5, 0.6) is 0 Å². The quantitative estimate of drug-likeness (QED) is 0.417. The van der Waals surface area contributed by atoms with E-state index in [0.29, 0.717) is 0 Å². The molecular formula is C5H9B. The van der Waals surface area contributed by atoms with Crippen LogP contribution in [0.4, 0.5) is 0 Å². The third kappa shape index (κ3) is 0.587. The molecule has 0 nitrogen and oxygen atoms in total. The molecule has 0 aromatic carbocycles. The molecule has 1 fully saturated rings. The van der Waals surface area contributed by atoms with Crippen molar-refractivity contribution in [3.05, 3.63) is 0 Å². The molecule has 0 saturated heterocycles. The monoisotopic (exact) mass is 80.1 g/mol. The Morgan fingerprint density at radius 1 is 1.50 bits per heavy atom. The maximum absolute atomic E-state index is 5.33. The molecule has 1 aliphatic rings. The highest BCUT2D eigenvalue weighted by molar-refractivity contribution is 6.08. The SMILES string of the molecule is [B]CC1CCC1. The first-order chi connectivity index (χ1) is 2.93. The maximum atomic E-state index is 5.33. The molecule has 32 valence electrons. The summed E-state index contributed by atoms with van der Waals surface area (Å²) in [5, 5.41) is 0. The van der Waals surface area contributed by atoms with E-state index in [1.165, 1.54) is 19.3 Å². The van der Waals surface area contributed by atoms with Crippen molar-refractivity contribution in [2.75, 3.05) is 0 Å². The average Bonchev–Trinajstić information content (AvgIpc) is 1.31. The molecule has 1 saturated carbocycles. The summed E-state index contributed by atoms with van der Waals surface area (Å²) in [4.78, 5) is 0. The second-order valence-electron chi connectivity index (χ2n) is 2.03. The lowest BCUT2D eigenvalue weighted by Crippen LogP contribution is -2.08. The van der Waals surface area contributed by atoms with Crippen molar-refractivity contribution >= 4 is 7.85 Å². The largest absolute Gasteiger partial charge is 0.0859 e. The minimum absolute atomic E-state index is 0.894. The van der Waals surface area contributed by atoms with Gasteiger partial charge < -0.3 is 0 Å². The van der Waals surface area contributed by atoms with Gasteiger partial charge in [-0.15, -0.1) is 0 Å². The van der Waals surface area contributed by atoms with Crippen LogP contribution in [-0.4, -0.2) is 7.85 Å². The molecule has 0 aliphatic heterocycles. The van der Waals surface area contributed by atoms with Gasteiger partial charge in [0.1, 0.15) is 0 Å². The smallest absolute Gasteiger partial charge is 0.0656 e. The van der Waals surface area contributed by atoms with Gasteiger partial charge in [0.2, 0.25) is 0 Å². The lowest BCUT2D eigenvalue weighted by molar-refractivity contribution is 0.347. The molecule has 0 heterocycles. The summed E-state index contributed by atoms with van der Waals surface area (Å²) in [7, 11) is 5.33. The number of rotatable bonds is 1. The molecule has 1 heteroatoms. The van der Waals surface area contributed by atoms with Gasteiger partial charge in [0.25, 0.3) is 0 Å². The maximum Gasteiger partial charge on any atom is 0.0656 e. The summed E-state index contributed by atoms with van der Waals surface area (Å²) >= 11 is 0. The van der Waals surface area contributed by atoms with Gasteiger partial charge in [0, 0.05) is 0 Å². The van der Waals surface area contributed by atoms with E-state index in [-0.39, 0.29) is 0 Å². The van der Waals surface area contributed by atoms with Crippen molar-refractivity contribution in [1.29, 1.82) is 0 Å². The highest BCUT2D eigenvalue weighted by Gasteiger charge is 2.13. The molecule has 1 rings (SSSR count). The highest BCUT2D eigenvalue weighted by atomic mass is 14.2. The predicted octanol–water partition coefficient (Wildman–Crippen LogP) is 1.37. The molecule has 0 amide bonds. The van der Waals surface area contributed by atoms with E-state index >= 15 is 0 Å². The topological polar surface area (TPSA) is 0 Å². The van der Waals surface area contributed by atoms with Crippen molar-refractivity contribution in [2.24, 2.45) is 5.92 Å². The van der Waals surface area contributed by atoms with E-state index in [1.807, 2.05) is 0 Å². The first kappa shape index (κ1) is 4.23. The van der Waals surface area contributed by atoms with Gasteiger partial charge in [-0.25, -0.2) is 0 Å². The van der Waals surface area contributed by atoms with Crippen LogP contribution in [-0.2, 0) is 0 Å². The molecule has 0 atom stereocenters. The van der Waals surface area contributed by atoms with Crippen molar-refractivity contribution in [3.63, 3.8) is 0 Å². The first-order valence-corrected chi connectivity index (χ1v) is 2.63. The Bertz CT molecular complexity index is 36.4. The van der Waals surface area contributed by atoms with Gasteiger partial charge in [-0.3, -0.25) is 0 Å². The zero-order chi connectivity index (χ0) is 4.41. The Morgan fingerprint density at radius 2 is 2.17 bits per heavy atom. The molecule has 2 radical (unpaired) electrons. The van der Waals surface area contributed by atoms with Crippen molar-refractivity contribution in [3.8, 4) is 0 Å². The fraction of sp³-hybridized carbons (Fsp3) is 1.00. The van der Waals surface area contributed by atoms with Crippen LogP contribution in [0.3, 0.4) is 0 Å². The highest BCUT2D eigenvalue weighted by Crippen LogP contribution is 2.28. The van der Waals surface area contributed by atoms with E-state index in [0.717, 1.165) is 12.2 Å². The standard InChI is InChI=1S/C5H9B/c6-4-5-2-1-3-5/h5H,1-4H2. The molecule has 0 aromatic rings. The molecule has 0 spiro atoms.